The molecule has 0 aliphatic rings. The molecule has 26 heavy (non-hydrogen) atoms. The van der Waals surface area contributed by atoms with Crippen molar-refractivity contribution < 1.29 is 23.9 Å². The molecule has 1 aromatic carbocycles. The molecule has 0 spiro atoms. The van der Waals surface area contributed by atoms with Crippen LogP contribution in [0.4, 0.5) is 5.00 Å². The molecule has 2 rings (SSSR count). The highest BCUT2D eigenvalue weighted by atomic mass is 32.1. The minimum absolute atomic E-state index is 0.323. The van der Waals surface area contributed by atoms with E-state index < -0.39 is 24.5 Å². The molecular formula is C19H21NO5S. The van der Waals surface area contributed by atoms with E-state index in [1.807, 2.05) is 26.8 Å². The number of carbonyl (C=O) groups excluding carboxylic acids is 3. The molecule has 0 fully saturated rings. The van der Waals surface area contributed by atoms with Crippen LogP contribution in [0.5, 0.6) is 0 Å². The van der Waals surface area contributed by atoms with Crippen LogP contribution in [-0.4, -0.2) is 31.6 Å². The van der Waals surface area contributed by atoms with Gasteiger partial charge in [-0.3, -0.25) is 4.79 Å². The number of hydrogen-bond donors (Lipinski definition) is 1. The van der Waals surface area contributed by atoms with Gasteiger partial charge in [0.1, 0.15) is 5.00 Å². The Bertz CT molecular complexity index is 849. The second-order valence-electron chi connectivity index (χ2n) is 5.98. The highest BCUT2D eigenvalue weighted by Gasteiger charge is 2.22. The van der Waals surface area contributed by atoms with Gasteiger partial charge in [0, 0.05) is 4.88 Å². The second kappa shape index (κ2) is 8.14. The molecule has 2 aromatic rings. The van der Waals surface area contributed by atoms with Gasteiger partial charge in [-0.1, -0.05) is 17.2 Å². The number of hydrogen-bond acceptors (Lipinski definition) is 6. The smallest absolute Gasteiger partial charge is 0.341 e. The Hall–Kier alpha value is -2.67. The van der Waals surface area contributed by atoms with E-state index in [1.54, 1.807) is 19.1 Å². The number of carbonyl (C=O) groups is 3. The summed E-state index contributed by atoms with van der Waals surface area (Å²) in [7, 11) is 1.28. The molecule has 7 heteroatoms. The molecule has 0 bridgehead atoms. The molecule has 1 aromatic heterocycles. The van der Waals surface area contributed by atoms with Crippen molar-refractivity contribution in [2.75, 3.05) is 19.0 Å². The molecular weight excluding hydrogens is 354 g/mol. The van der Waals surface area contributed by atoms with Crippen LogP contribution in [0, 0.1) is 27.7 Å². The Morgan fingerprint density at radius 3 is 2.19 bits per heavy atom. The molecule has 0 saturated heterocycles. The summed E-state index contributed by atoms with van der Waals surface area (Å²) in [5.74, 6) is -1.61. The van der Waals surface area contributed by atoms with E-state index in [2.05, 4.69) is 5.32 Å². The zero-order chi connectivity index (χ0) is 19.4. The average Bonchev–Trinajstić information content (AvgIpc) is 2.85. The zero-order valence-corrected chi connectivity index (χ0v) is 16.2. The largest absolute Gasteiger partial charge is 0.465 e. The van der Waals surface area contributed by atoms with Gasteiger partial charge < -0.3 is 14.8 Å². The van der Waals surface area contributed by atoms with Gasteiger partial charge in [-0.05, 0) is 45.4 Å². The van der Waals surface area contributed by atoms with Crippen LogP contribution in [0.15, 0.2) is 18.2 Å². The van der Waals surface area contributed by atoms with E-state index in [0.29, 0.717) is 16.1 Å². The number of rotatable bonds is 5. The summed E-state index contributed by atoms with van der Waals surface area (Å²) in [5.41, 5.74) is 3.35. The number of amides is 1. The highest BCUT2D eigenvalue weighted by Crippen LogP contribution is 2.32. The Morgan fingerprint density at radius 1 is 1.00 bits per heavy atom. The van der Waals surface area contributed by atoms with E-state index in [0.717, 1.165) is 21.6 Å². The van der Waals surface area contributed by atoms with Gasteiger partial charge in [-0.25, -0.2) is 9.59 Å². The summed E-state index contributed by atoms with van der Waals surface area (Å²) >= 11 is 1.27. The van der Waals surface area contributed by atoms with Crippen molar-refractivity contribution in [3.63, 3.8) is 0 Å². The number of anilines is 1. The van der Waals surface area contributed by atoms with Crippen molar-refractivity contribution >= 4 is 34.2 Å². The third-order valence-corrected chi connectivity index (χ3v) is 4.94. The molecule has 138 valence electrons. The molecule has 0 radical (unpaired) electrons. The molecule has 0 aliphatic carbocycles. The van der Waals surface area contributed by atoms with Gasteiger partial charge in [0.2, 0.25) is 0 Å². The van der Waals surface area contributed by atoms with E-state index in [9.17, 15) is 14.4 Å². The standard InChI is InChI=1S/C19H21NO5S/c1-10-6-11(2)8-14(7-10)18(22)25-9-15(21)20-17-16(19(23)24-5)12(3)13(4)26-17/h6-8H,9H2,1-5H3,(H,20,21). The quantitative estimate of drug-likeness (QED) is 0.808. The Labute approximate surface area is 156 Å². The summed E-state index contributed by atoms with van der Waals surface area (Å²) in [6.07, 6.45) is 0. The number of thiophene rings is 1. The maximum atomic E-state index is 12.1. The van der Waals surface area contributed by atoms with Crippen molar-refractivity contribution in [3.05, 3.63) is 50.9 Å². The van der Waals surface area contributed by atoms with Crippen LogP contribution < -0.4 is 5.32 Å². The van der Waals surface area contributed by atoms with E-state index in [1.165, 1.54) is 18.4 Å². The fraction of sp³-hybridized carbons (Fsp3) is 0.316. The van der Waals surface area contributed by atoms with Crippen LogP contribution in [0.2, 0.25) is 0 Å². The van der Waals surface area contributed by atoms with Gasteiger partial charge in [0.15, 0.2) is 6.61 Å². The van der Waals surface area contributed by atoms with Crippen LogP contribution in [0.25, 0.3) is 0 Å². The maximum Gasteiger partial charge on any atom is 0.341 e. The van der Waals surface area contributed by atoms with E-state index in [4.69, 9.17) is 9.47 Å². The number of nitrogens with one attached hydrogen (secondary N) is 1. The summed E-state index contributed by atoms with van der Waals surface area (Å²) < 4.78 is 9.84. The first kappa shape index (κ1) is 19.7. The fourth-order valence-electron chi connectivity index (χ4n) is 2.53. The number of aryl methyl sites for hydroxylation is 3. The zero-order valence-electron chi connectivity index (χ0n) is 15.4. The third-order valence-electron chi connectivity index (χ3n) is 3.82. The van der Waals surface area contributed by atoms with Crippen LogP contribution >= 0.6 is 11.3 Å². The highest BCUT2D eigenvalue weighted by molar-refractivity contribution is 7.16. The number of benzene rings is 1. The molecule has 0 unspecified atom stereocenters. The average molecular weight is 375 g/mol. The molecule has 0 aliphatic heterocycles. The van der Waals surface area contributed by atoms with Gasteiger partial charge in [0.25, 0.3) is 5.91 Å². The lowest BCUT2D eigenvalue weighted by Gasteiger charge is -2.08. The second-order valence-corrected chi connectivity index (χ2v) is 7.20. The van der Waals surface area contributed by atoms with Crippen molar-refractivity contribution in [2.45, 2.75) is 27.7 Å². The number of ether oxygens (including phenoxy) is 2. The predicted molar refractivity (Wildman–Crippen MR) is 100.0 cm³/mol. The van der Waals surface area contributed by atoms with Crippen LogP contribution in [0.3, 0.4) is 0 Å². The number of methoxy groups -OCH3 is 1. The molecule has 1 amide bonds. The Balaban J connectivity index is 2.04. The molecule has 0 saturated carbocycles. The lowest BCUT2D eigenvalue weighted by molar-refractivity contribution is -0.119. The first-order chi connectivity index (χ1) is 12.2. The minimum Gasteiger partial charge on any atom is -0.465 e. The normalized spacial score (nSPS) is 10.3. The SMILES string of the molecule is COC(=O)c1c(NC(=O)COC(=O)c2cc(C)cc(C)c2)sc(C)c1C. The lowest BCUT2D eigenvalue weighted by atomic mass is 10.1. The third kappa shape index (κ3) is 4.49. The van der Waals surface area contributed by atoms with Crippen LogP contribution in [-0.2, 0) is 14.3 Å². The van der Waals surface area contributed by atoms with E-state index >= 15 is 0 Å². The first-order valence-electron chi connectivity index (χ1n) is 7.96. The summed E-state index contributed by atoms with van der Waals surface area (Å²) in [6.45, 7) is 6.96. The molecule has 1 N–H and O–H groups in total. The Morgan fingerprint density at radius 2 is 1.62 bits per heavy atom. The predicted octanol–water partition coefficient (Wildman–Crippen LogP) is 3.56. The van der Waals surface area contributed by atoms with Gasteiger partial charge in [-0.15, -0.1) is 11.3 Å². The van der Waals surface area contributed by atoms with Crippen molar-refractivity contribution in [3.8, 4) is 0 Å². The van der Waals surface area contributed by atoms with Gasteiger partial charge >= 0.3 is 11.9 Å². The van der Waals surface area contributed by atoms with Crippen molar-refractivity contribution in [1.82, 2.24) is 0 Å². The summed E-state index contributed by atoms with van der Waals surface area (Å²) in [5, 5.41) is 3.01. The maximum absolute atomic E-state index is 12.1. The molecule has 1 heterocycles. The van der Waals surface area contributed by atoms with Crippen LogP contribution in [0.1, 0.15) is 42.3 Å². The number of esters is 2. The van der Waals surface area contributed by atoms with Gasteiger partial charge in [0.05, 0.1) is 18.2 Å². The summed E-state index contributed by atoms with van der Waals surface area (Å²) in [6, 6.07) is 5.35. The Kier molecular flexibility index (Phi) is 6.15. The molecule has 0 atom stereocenters. The van der Waals surface area contributed by atoms with Crippen molar-refractivity contribution in [1.29, 1.82) is 0 Å². The summed E-state index contributed by atoms with van der Waals surface area (Å²) in [4.78, 5) is 37.1. The fourth-order valence-corrected chi connectivity index (χ4v) is 3.60. The minimum atomic E-state index is -0.571. The lowest BCUT2D eigenvalue weighted by Crippen LogP contribution is -2.21. The monoisotopic (exact) mass is 375 g/mol. The van der Waals surface area contributed by atoms with Gasteiger partial charge in [-0.2, -0.15) is 0 Å². The molecule has 6 nitrogen and oxygen atoms in total. The first-order valence-corrected chi connectivity index (χ1v) is 8.78. The van der Waals surface area contributed by atoms with E-state index in [-0.39, 0.29) is 0 Å². The topological polar surface area (TPSA) is 81.7 Å². The van der Waals surface area contributed by atoms with Crippen molar-refractivity contribution in [2.24, 2.45) is 0 Å².